The summed E-state index contributed by atoms with van der Waals surface area (Å²) in [6.45, 7) is 6.94. The van der Waals surface area contributed by atoms with Gasteiger partial charge < -0.3 is 9.15 Å². The van der Waals surface area contributed by atoms with Crippen molar-refractivity contribution in [2.45, 2.75) is 33.6 Å². The maximum Gasteiger partial charge on any atom is 0.224 e. The Morgan fingerprint density at radius 3 is 2.78 bits per heavy atom. The molecule has 5 heteroatoms. The van der Waals surface area contributed by atoms with Crippen LogP contribution in [0.15, 0.2) is 35.2 Å². The van der Waals surface area contributed by atoms with Crippen LogP contribution < -0.4 is 4.74 Å². The van der Waals surface area contributed by atoms with Gasteiger partial charge in [0.15, 0.2) is 12.2 Å². The van der Waals surface area contributed by atoms with Gasteiger partial charge in [0, 0.05) is 12.0 Å². The summed E-state index contributed by atoms with van der Waals surface area (Å²) >= 11 is 0. The normalized spacial score (nSPS) is 11.3. The van der Waals surface area contributed by atoms with Crippen molar-refractivity contribution >= 4 is 10.9 Å². The second kappa shape index (κ2) is 6.77. The van der Waals surface area contributed by atoms with Gasteiger partial charge in [-0.15, -0.1) is 0 Å². The zero-order chi connectivity index (χ0) is 16.2. The lowest BCUT2D eigenvalue weighted by Gasteiger charge is -2.10. The monoisotopic (exact) mass is 311 g/mol. The maximum absolute atomic E-state index is 5.74. The van der Waals surface area contributed by atoms with Crippen LogP contribution in [-0.4, -0.2) is 21.6 Å². The lowest BCUT2D eigenvalue weighted by Crippen LogP contribution is -2.03. The fraction of sp³-hybridized carbons (Fsp3) is 0.389. The molecule has 5 nitrogen and oxygen atoms in total. The molecule has 3 aromatic rings. The van der Waals surface area contributed by atoms with E-state index >= 15 is 0 Å². The van der Waals surface area contributed by atoms with Crippen LogP contribution in [0.3, 0.4) is 0 Å². The minimum Gasteiger partial charge on any atom is -0.477 e. The van der Waals surface area contributed by atoms with Crippen molar-refractivity contribution in [1.29, 1.82) is 0 Å². The number of oxazole rings is 1. The van der Waals surface area contributed by atoms with Gasteiger partial charge in [-0.2, -0.15) is 4.98 Å². The third-order valence-corrected chi connectivity index (χ3v) is 3.65. The third kappa shape index (κ3) is 3.50. The number of aromatic nitrogens is 3. The summed E-state index contributed by atoms with van der Waals surface area (Å²) in [5.41, 5.74) is 1.83. The standard InChI is InChI=1S/C18H21N3O2/c1-4-22-18-14-9-13(16-10-19-11-23-16)6-7-15(14)20-17(21-18)8-5-12(2)3/h6-7,9-12H,4-5,8H2,1-3H3. The van der Waals surface area contributed by atoms with E-state index in [9.17, 15) is 0 Å². The van der Waals surface area contributed by atoms with E-state index in [4.69, 9.17) is 9.15 Å². The van der Waals surface area contributed by atoms with Crippen molar-refractivity contribution in [3.8, 4) is 17.2 Å². The lowest BCUT2D eigenvalue weighted by atomic mass is 10.1. The van der Waals surface area contributed by atoms with Crippen molar-refractivity contribution in [1.82, 2.24) is 15.0 Å². The van der Waals surface area contributed by atoms with Crippen LogP contribution in [0.1, 0.15) is 33.0 Å². The number of hydrogen-bond acceptors (Lipinski definition) is 5. The minimum absolute atomic E-state index is 0.572. The molecule has 0 saturated heterocycles. The molecule has 2 aromatic heterocycles. The van der Waals surface area contributed by atoms with Crippen molar-refractivity contribution in [3.63, 3.8) is 0 Å². The highest BCUT2D eigenvalue weighted by molar-refractivity contribution is 5.87. The van der Waals surface area contributed by atoms with E-state index in [0.717, 1.165) is 40.9 Å². The average molecular weight is 311 g/mol. The van der Waals surface area contributed by atoms with Crippen molar-refractivity contribution in [3.05, 3.63) is 36.6 Å². The van der Waals surface area contributed by atoms with Crippen molar-refractivity contribution in [2.75, 3.05) is 6.61 Å². The Hall–Kier alpha value is -2.43. The Balaban J connectivity index is 2.04. The fourth-order valence-corrected chi connectivity index (χ4v) is 2.43. The number of benzene rings is 1. The van der Waals surface area contributed by atoms with Crippen LogP contribution >= 0.6 is 0 Å². The molecule has 2 heterocycles. The number of fused-ring (bicyclic) bond motifs is 1. The first-order valence-electron chi connectivity index (χ1n) is 7.99. The highest BCUT2D eigenvalue weighted by Crippen LogP contribution is 2.29. The minimum atomic E-state index is 0.572. The molecule has 0 aliphatic carbocycles. The second-order valence-electron chi connectivity index (χ2n) is 5.91. The van der Waals surface area contributed by atoms with Gasteiger partial charge >= 0.3 is 0 Å². The molecule has 1 aromatic carbocycles. The SMILES string of the molecule is CCOc1nc(CCC(C)C)nc2ccc(-c3cnco3)cc12. The Kier molecular flexibility index (Phi) is 4.55. The summed E-state index contributed by atoms with van der Waals surface area (Å²) in [5, 5.41) is 0.897. The van der Waals surface area contributed by atoms with Gasteiger partial charge in [-0.1, -0.05) is 13.8 Å². The van der Waals surface area contributed by atoms with E-state index < -0.39 is 0 Å². The van der Waals surface area contributed by atoms with Gasteiger partial charge in [-0.25, -0.2) is 9.97 Å². The van der Waals surface area contributed by atoms with E-state index in [1.165, 1.54) is 6.39 Å². The number of nitrogens with zero attached hydrogens (tertiary/aromatic N) is 3. The Morgan fingerprint density at radius 2 is 2.09 bits per heavy atom. The topological polar surface area (TPSA) is 61.0 Å². The Labute approximate surface area is 135 Å². The molecule has 0 radical (unpaired) electrons. The lowest BCUT2D eigenvalue weighted by molar-refractivity contribution is 0.329. The molecule has 23 heavy (non-hydrogen) atoms. The summed E-state index contributed by atoms with van der Waals surface area (Å²) in [6.07, 6.45) is 5.04. The molecule has 0 aliphatic heterocycles. The third-order valence-electron chi connectivity index (χ3n) is 3.65. The predicted molar refractivity (Wildman–Crippen MR) is 89.4 cm³/mol. The number of hydrogen-bond donors (Lipinski definition) is 0. The first-order chi connectivity index (χ1) is 11.2. The zero-order valence-electron chi connectivity index (χ0n) is 13.7. The summed E-state index contributed by atoms with van der Waals surface area (Å²) in [6, 6.07) is 5.96. The van der Waals surface area contributed by atoms with Crippen LogP contribution in [0.25, 0.3) is 22.2 Å². The molecule has 0 amide bonds. The molecule has 120 valence electrons. The van der Waals surface area contributed by atoms with E-state index in [2.05, 4.69) is 28.8 Å². The van der Waals surface area contributed by atoms with Gasteiger partial charge in [0.05, 0.1) is 23.7 Å². The van der Waals surface area contributed by atoms with E-state index in [-0.39, 0.29) is 0 Å². The molecular formula is C18H21N3O2. The molecule has 0 spiro atoms. The quantitative estimate of drug-likeness (QED) is 0.680. The largest absolute Gasteiger partial charge is 0.477 e. The zero-order valence-corrected chi connectivity index (χ0v) is 13.7. The molecule has 0 bridgehead atoms. The van der Waals surface area contributed by atoms with Gasteiger partial charge in [-0.3, -0.25) is 0 Å². The molecule has 0 N–H and O–H groups in total. The van der Waals surface area contributed by atoms with Crippen LogP contribution in [0, 0.1) is 5.92 Å². The van der Waals surface area contributed by atoms with Gasteiger partial charge in [-0.05, 0) is 37.5 Å². The van der Waals surface area contributed by atoms with Crippen LogP contribution in [0.5, 0.6) is 5.88 Å². The van der Waals surface area contributed by atoms with Crippen LogP contribution in [0.2, 0.25) is 0 Å². The average Bonchev–Trinajstić information content (AvgIpc) is 3.07. The first kappa shape index (κ1) is 15.5. The second-order valence-corrected chi connectivity index (χ2v) is 5.91. The number of aryl methyl sites for hydroxylation is 1. The molecule has 3 rings (SSSR count). The van der Waals surface area contributed by atoms with Gasteiger partial charge in [0.1, 0.15) is 5.82 Å². The Bertz CT molecular complexity index is 782. The smallest absolute Gasteiger partial charge is 0.224 e. The summed E-state index contributed by atoms with van der Waals surface area (Å²) in [4.78, 5) is 13.2. The molecular weight excluding hydrogens is 290 g/mol. The highest BCUT2D eigenvalue weighted by atomic mass is 16.5. The summed E-state index contributed by atoms with van der Waals surface area (Å²) in [7, 11) is 0. The van der Waals surface area contributed by atoms with E-state index in [1.807, 2.05) is 25.1 Å². The fourth-order valence-electron chi connectivity index (χ4n) is 2.43. The van der Waals surface area contributed by atoms with E-state index in [0.29, 0.717) is 18.4 Å². The highest BCUT2D eigenvalue weighted by Gasteiger charge is 2.12. The van der Waals surface area contributed by atoms with Gasteiger partial charge in [0.2, 0.25) is 5.88 Å². The molecule has 0 fully saturated rings. The summed E-state index contributed by atoms with van der Waals surface area (Å²) < 4.78 is 11.1. The van der Waals surface area contributed by atoms with Crippen molar-refractivity contribution in [2.24, 2.45) is 5.92 Å². The van der Waals surface area contributed by atoms with E-state index in [1.54, 1.807) is 6.20 Å². The number of ether oxygens (including phenoxy) is 1. The Morgan fingerprint density at radius 1 is 1.22 bits per heavy atom. The van der Waals surface area contributed by atoms with Gasteiger partial charge in [0.25, 0.3) is 0 Å². The maximum atomic E-state index is 5.74. The summed E-state index contributed by atoms with van der Waals surface area (Å²) in [5.74, 6) is 2.82. The van der Waals surface area contributed by atoms with Crippen molar-refractivity contribution < 1.29 is 9.15 Å². The molecule has 0 atom stereocenters. The first-order valence-corrected chi connectivity index (χ1v) is 7.99. The molecule has 0 aliphatic rings. The molecule has 0 saturated carbocycles. The van der Waals surface area contributed by atoms with Crippen LogP contribution in [0.4, 0.5) is 0 Å². The molecule has 0 unspecified atom stereocenters. The predicted octanol–water partition coefficient (Wildman–Crippen LogP) is 4.27. The number of rotatable bonds is 6. The van der Waals surface area contributed by atoms with Crippen LogP contribution in [-0.2, 0) is 6.42 Å².